The van der Waals surface area contributed by atoms with Crippen LogP contribution in [-0.2, 0) is 33.4 Å². The highest BCUT2D eigenvalue weighted by Gasteiger charge is 2.50. The van der Waals surface area contributed by atoms with Crippen LogP contribution in [0.25, 0.3) is 64.0 Å². The first-order valence-electron chi connectivity index (χ1n) is 25.2. The first-order chi connectivity index (χ1) is 38.3. The topological polar surface area (TPSA) is 233 Å². The van der Waals surface area contributed by atoms with Crippen molar-refractivity contribution in [1.82, 2.24) is 15.0 Å². The summed E-state index contributed by atoms with van der Waals surface area (Å²) in [5.41, 5.74) is 14.7. The van der Waals surface area contributed by atoms with Crippen LogP contribution in [0.15, 0.2) is 109 Å². The molecular weight excluding hydrogens is 1090 g/mol. The monoisotopic (exact) mass is 1140 g/mol. The normalized spacial score (nSPS) is 18.3. The number of carboxylic acids is 1. The lowest BCUT2D eigenvalue weighted by atomic mass is 10.00. The van der Waals surface area contributed by atoms with Crippen LogP contribution >= 0.6 is 34.0 Å². The Labute approximate surface area is 468 Å². The van der Waals surface area contributed by atoms with Crippen LogP contribution in [0.3, 0.4) is 0 Å². The van der Waals surface area contributed by atoms with Crippen molar-refractivity contribution >= 4 is 110 Å². The molecule has 80 heavy (non-hydrogen) atoms. The van der Waals surface area contributed by atoms with E-state index in [9.17, 15) is 37.1 Å². The summed E-state index contributed by atoms with van der Waals surface area (Å²) in [7, 11) is 2.58. The zero-order valence-corrected chi connectivity index (χ0v) is 46.2. The molecule has 0 aliphatic heterocycles. The second-order valence-electron chi connectivity index (χ2n) is 19.5. The Morgan fingerprint density at radius 2 is 0.938 bits per heavy atom. The number of halogens is 3. The molecular formula is C59H53F3N6O9S3. The lowest BCUT2D eigenvalue weighted by Gasteiger charge is -2.07. The van der Waals surface area contributed by atoms with Gasteiger partial charge in [-0.3, -0.25) is 24.0 Å². The van der Waals surface area contributed by atoms with Gasteiger partial charge in [0.15, 0.2) is 15.4 Å². The Balaban J connectivity index is 0.000000136. The van der Waals surface area contributed by atoms with Gasteiger partial charge in [0.2, 0.25) is 11.8 Å². The molecule has 6 atom stereocenters. The van der Waals surface area contributed by atoms with Crippen molar-refractivity contribution in [3.63, 3.8) is 0 Å². The predicted molar refractivity (Wildman–Crippen MR) is 304 cm³/mol. The predicted octanol–water partition coefficient (Wildman–Crippen LogP) is 12.0. The fourth-order valence-electron chi connectivity index (χ4n) is 9.31. The van der Waals surface area contributed by atoms with E-state index < -0.39 is 17.9 Å². The Morgan fingerprint density at radius 1 is 0.550 bits per heavy atom. The number of thiazole rings is 3. The van der Waals surface area contributed by atoms with Gasteiger partial charge in [-0.25, -0.2) is 28.1 Å². The van der Waals surface area contributed by atoms with E-state index in [4.69, 9.17) is 15.9 Å². The number of carbonyl (C=O) groups excluding carboxylic acids is 4. The third-order valence-corrected chi connectivity index (χ3v) is 16.7. The van der Waals surface area contributed by atoms with Crippen molar-refractivity contribution in [1.29, 1.82) is 0 Å². The molecule has 0 spiro atoms. The highest BCUT2D eigenvalue weighted by molar-refractivity contribution is 7.23. The van der Waals surface area contributed by atoms with Gasteiger partial charge in [0.1, 0.15) is 17.5 Å². The van der Waals surface area contributed by atoms with E-state index in [1.54, 1.807) is 18.2 Å². The fourth-order valence-corrected chi connectivity index (χ4v) is 11.7. The average Bonchev–Trinajstić information content (AvgIpc) is 4.42. The van der Waals surface area contributed by atoms with Gasteiger partial charge in [-0.2, -0.15) is 0 Å². The number of nitrogens with two attached hydrogens (primary N) is 1. The highest BCUT2D eigenvalue weighted by Crippen LogP contribution is 2.43. The number of fused-ring (bicyclic) bond motifs is 3. The SMILES string of the molecule is COC(=O)[C@@H]1CC1C(=O)Nc1nc2cc(-c3c(C)cccc3F)ccc2s1.COC(=O)[C@@H]1CC1C(=O)O.Cc1cccc(F)c1-c1ccc2sc(N)nc2c1.Cc1cccc(F)c1-c1ccc2sc(NC(=O)C3C[C@H]3CO)nc2c1. The standard InChI is InChI=1S/C20H17FN2O3S.C19H17FN2O2S.C14H11FN2S.C6H8O4/c1-10-4-3-5-14(21)17(10)11-6-7-16-15(8-11)22-20(27-16)23-18(24)12-9-13(12)19(25)26-2;1-10-3-2-4-14(20)17(10)11-5-6-16-15(8-11)21-19(25-16)22-18(24)13-7-12(13)9-23;1-8-3-2-4-10(15)13(8)9-5-6-12-11(7-9)17-14(16)18-12;1-10-6(9)4-2-3(4)5(7)8/h3-8,12-13H,9H2,1-2H3,(H,22,23,24);2-6,8,12-13,23H,7,9H2,1H3,(H,21,22,24);2-7H,1H3,(H2,16,17);3-4H,2H2,1H3,(H,7,8)/t12?,13-;12-,13?;;3?,4-/m10.1/s1. The summed E-state index contributed by atoms with van der Waals surface area (Å²) in [5.74, 6) is -4.38. The Hall–Kier alpha value is -8.11. The molecule has 9 aromatic rings. The van der Waals surface area contributed by atoms with E-state index in [2.05, 4.69) is 35.1 Å². The molecule has 21 heteroatoms. The van der Waals surface area contributed by atoms with E-state index in [1.165, 1.54) is 66.4 Å². The summed E-state index contributed by atoms with van der Waals surface area (Å²) in [4.78, 5) is 69.7. The number of methoxy groups -OCH3 is 2. The largest absolute Gasteiger partial charge is 0.481 e. The van der Waals surface area contributed by atoms with Gasteiger partial charge in [-0.15, -0.1) is 0 Å². The Kier molecular flexibility index (Phi) is 17.0. The number of esters is 2. The first kappa shape index (κ1) is 56.6. The number of ether oxygens (including phenoxy) is 2. The summed E-state index contributed by atoms with van der Waals surface area (Å²) >= 11 is 4.18. The number of nitrogens with one attached hydrogen (secondary N) is 2. The average molecular weight is 1140 g/mol. The van der Waals surface area contributed by atoms with Crippen LogP contribution in [0.2, 0.25) is 0 Å². The number of aromatic nitrogens is 3. The van der Waals surface area contributed by atoms with Crippen molar-refractivity contribution in [3.8, 4) is 33.4 Å². The molecule has 0 bridgehead atoms. The van der Waals surface area contributed by atoms with Gasteiger partial charge in [0, 0.05) is 29.2 Å². The number of benzene rings is 6. The zero-order chi connectivity index (χ0) is 57.1. The molecule has 412 valence electrons. The second kappa shape index (κ2) is 24.1. The minimum absolute atomic E-state index is 0.0449. The van der Waals surface area contributed by atoms with Gasteiger partial charge in [-0.05, 0) is 134 Å². The van der Waals surface area contributed by atoms with Crippen molar-refractivity contribution in [3.05, 3.63) is 143 Å². The number of aryl methyl sites for hydroxylation is 3. The molecule has 15 nitrogen and oxygen atoms in total. The number of hydrogen-bond acceptors (Lipinski definition) is 15. The summed E-state index contributed by atoms with van der Waals surface area (Å²) in [6, 6.07) is 32.0. The minimum atomic E-state index is -0.907. The second-order valence-corrected chi connectivity index (χ2v) is 22.6. The molecule has 0 saturated heterocycles. The molecule has 3 aliphatic rings. The third kappa shape index (κ3) is 12.8. The molecule has 3 aliphatic carbocycles. The summed E-state index contributed by atoms with van der Waals surface area (Å²) < 4.78 is 54.2. The number of nitrogens with zero attached hydrogens (tertiary/aromatic N) is 3. The van der Waals surface area contributed by atoms with E-state index in [0.717, 1.165) is 64.9 Å². The van der Waals surface area contributed by atoms with Gasteiger partial charge in [0.05, 0.1) is 68.5 Å². The van der Waals surface area contributed by atoms with E-state index in [0.29, 0.717) is 50.4 Å². The number of aliphatic hydroxyl groups excluding tert-OH is 1. The fraction of sp³-hybridized carbons (Fsp3) is 0.254. The number of aliphatic carboxylic acids is 1. The Morgan fingerprint density at radius 3 is 1.31 bits per heavy atom. The van der Waals surface area contributed by atoms with Gasteiger partial charge < -0.3 is 36.1 Å². The van der Waals surface area contributed by atoms with Crippen LogP contribution in [0, 0.1) is 73.7 Å². The van der Waals surface area contributed by atoms with Crippen molar-refractivity contribution in [2.45, 2.75) is 40.0 Å². The number of amides is 2. The van der Waals surface area contributed by atoms with Crippen molar-refractivity contribution < 1.29 is 56.8 Å². The third-order valence-electron chi connectivity index (χ3n) is 13.9. The van der Waals surface area contributed by atoms with Gasteiger partial charge in [0.25, 0.3) is 0 Å². The molecule has 6 N–H and O–H groups in total. The number of anilines is 3. The molecule has 0 radical (unpaired) electrons. The molecule has 2 amide bonds. The number of aliphatic hydroxyl groups is 1. The number of hydrogen-bond donors (Lipinski definition) is 5. The maximum absolute atomic E-state index is 14.2. The molecule has 3 unspecified atom stereocenters. The van der Waals surface area contributed by atoms with Crippen LogP contribution in [0.5, 0.6) is 0 Å². The number of carboxylic acid groups (broad SMARTS) is 1. The molecule has 3 saturated carbocycles. The quantitative estimate of drug-likeness (QED) is 0.0759. The maximum Gasteiger partial charge on any atom is 0.309 e. The number of rotatable bonds is 11. The lowest BCUT2D eigenvalue weighted by Crippen LogP contribution is -2.17. The van der Waals surface area contributed by atoms with Crippen LogP contribution in [0.4, 0.5) is 28.6 Å². The van der Waals surface area contributed by atoms with Crippen LogP contribution < -0.4 is 16.4 Å². The summed E-state index contributed by atoms with van der Waals surface area (Å²) in [5, 5.41) is 24.6. The maximum atomic E-state index is 14.2. The van der Waals surface area contributed by atoms with Gasteiger partial charge >= 0.3 is 17.9 Å². The van der Waals surface area contributed by atoms with Crippen LogP contribution in [-0.4, -0.2) is 75.7 Å². The van der Waals surface area contributed by atoms with E-state index in [-0.39, 0.29) is 71.4 Å². The molecule has 12 rings (SSSR count). The highest BCUT2D eigenvalue weighted by atomic mass is 32.1. The number of nitrogen functional groups attached to an aromatic ring is 1. The molecule has 3 aromatic heterocycles. The zero-order valence-electron chi connectivity index (χ0n) is 43.7. The summed E-state index contributed by atoms with van der Waals surface area (Å²) in [6.45, 7) is 5.69. The van der Waals surface area contributed by atoms with Crippen molar-refractivity contribution in [2.75, 3.05) is 37.2 Å². The molecule has 3 heterocycles. The number of carbonyl (C=O) groups is 5. The molecule has 3 fully saturated rings. The Bertz CT molecular complexity index is 3800. The smallest absolute Gasteiger partial charge is 0.309 e. The van der Waals surface area contributed by atoms with E-state index >= 15 is 0 Å². The van der Waals surface area contributed by atoms with Crippen LogP contribution in [0.1, 0.15) is 36.0 Å². The molecule has 6 aromatic carbocycles. The first-order valence-corrected chi connectivity index (χ1v) is 27.7. The van der Waals surface area contributed by atoms with E-state index in [1.807, 2.05) is 93.6 Å². The van der Waals surface area contributed by atoms with Gasteiger partial charge in [-0.1, -0.05) is 88.6 Å². The minimum Gasteiger partial charge on any atom is -0.481 e. The lowest BCUT2D eigenvalue weighted by molar-refractivity contribution is -0.146. The van der Waals surface area contributed by atoms with Crippen molar-refractivity contribution in [2.24, 2.45) is 35.5 Å². The summed E-state index contributed by atoms with van der Waals surface area (Å²) in [6.07, 6.45) is 1.66.